The molecule has 6 nitrogen and oxygen atoms in total. The average molecular weight is 237 g/mol. The molecule has 1 saturated heterocycles. The van der Waals surface area contributed by atoms with Crippen molar-refractivity contribution in [1.82, 2.24) is 15.4 Å². The van der Waals surface area contributed by atoms with Gasteiger partial charge in [0.1, 0.15) is 5.69 Å². The van der Waals surface area contributed by atoms with Gasteiger partial charge in [-0.2, -0.15) is 10.3 Å². The zero-order valence-corrected chi connectivity index (χ0v) is 9.73. The second kappa shape index (κ2) is 3.80. The van der Waals surface area contributed by atoms with Crippen molar-refractivity contribution in [3.05, 3.63) is 11.4 Å². The van der Waals surface area contributed by atoms with E-state index in [1.807, 2.05) is 0 Å². The zero-order chi connectivity index (χ0) is 11.9. The van der Waals surface area contributed by atoms with Gasteiger partial charge in [0.2, 0.25) is 0 Å². The van der Waals surface area contributed by atoms with E-state index in [-0.39, 0.29) is 5.41 Å². The number of nitrogens with one attached hydrogen (secondary N) is 1. The summed E-state index contributed by atoms with van der Waals surface area (Å²) >= 11 is 0. The van der Waals surface area contributed by atoms with E-state index >= 15 is 0 Å². The van der Waals surface area contributed by atoms with Crippen LogP contribution in [0.15, 0.2) is 0 Å². The highest BCUT2D eigenvalue weighted by Crippen LogP contribution is 2.63. The number of carbonyl (C=O) groups excluding carboxylic acids is 1. The molecule has 3 rings (SSSR count). The van der Waals surface area contributed by atoms with Crippen molar-refractivity contribution >= 4 is 5.97 Å². The maximum atomic E-state index is 11.7. The van der Waals surface area contributed by atoms with Crippen LogP contribution < -0.4 is 0 Å². The fourth-order valence-corrected chi connectivity index (χ4v) is 2.62. The van der Waals surface area contributed by atoms with Gasteiger partial charge in [-0.15, -0.1) is 5.10 Å². The summed E-state index contributed by atoms with van der Waals surface area (Å²) in [5.74, 6) is -0.0969. The van der Waals surface area contributed by atoms with Crippen LogP contribution in [0.4, 0.5) is 0 Å². The molecule has 2 fully saturated rings. The summed E-state index contributed by atoms with van der Waals surface area (Å²) in [5.41, 5.74) is 1.28. The summed E-state index contributed by atoms with van der Waals surface area (Å²) in [5, 5.41) is 10.5. The van der Waals surface area contributed by atoms with E-state index < -0.39 is 5.97 Å². The van der Waals surface area contributed by atoms with E-state index in [4.69, 9.17) is 9.47 Å². The normalized spacial score (nSPS) is 30.8. The van der Waals surface area contributed by atoms with Crippen molar-refractivity contribution in [2.24, 2.45) is 5.41 Å². The highest BCUT2D eigenvalue weighted by Gasteiger charge is 2.59. The van der Waals surface area contributed by atoms with Crippen molar-refractivity contribution in [3.8, 4) is 0 Å². The molecule has 2 unspecified atom stereocenters. The number of nitrogens with zero attached hydrogens (tertiary/aromatic N) is 2. The molecule has 1 N–H and O–H groups in total. The minimum atomic E-state index is -0.391. The number of hydrogen-bond acceptors (Lipinski definition) is 5. The lowest BCUT2D eigenvalue weighted by Crippen LogP contribution is -2.10. The van der Waals surface area contributed by atoms with Crippen LogP contribution >= 0.6 is 0 Å². The Balaban J connectivity index is 1.81. The Morgan fingerprint density at radius 3 is 3.24 bits per heavy atom. The van der Waals surface area contributed by atoms with Crippen molar-refractivity contribution in [2.75, 3.05) is 19.8 Å². The fourth-order valence-electron chi connectivity index (χ4n) is 2.62. The Kier molecular flexibility index (Phi) is 2.39. The molecule has 1 aromatic heterocycles. The molecule has 1 spiro atoms. The second-order valence-electron chi connectivity index (χ2n) is 4.70. The Hall–Kier alpha value is -1.43. The molecular weight excluding hydrogens is 222 g/mol. The summed E-state index contributed by atoms with van der Waals surface area (Å²) < 4.78 is 10.4. The number of rotatable bonds is 3. The third kappa shape index (κ3) is 1.63. The average Bonchev–Trinajstić information content (AvgIpc) is 2.72. The molecule has 92 valence electrons. The van der Waals surface area contributed by atoms with Gasteiger partial charge >= 0.3 is 5.97 Å². The molecule has 0 amide bonds. The van der Waals surface area contributed by atoms with E-state index in [0.717, 1.165) is 31.7 Å². The maximum Gasteiger partial charge on any atom is 0.360 e. The third-order valence-corrected chi connectivity index (χ3v) is 3.70. The Morgan fingerprint density at radius 1 is 1.65 bits per heavy atom. The van der Waals surface area contributed by atoms with Gasteiger partial charge in [0.15, 0.2) is 5.69 Å². The van der Waals surface area contributed by atoms with E-state index in [1.165, 1.54) is 0 Å². The van der Waals surface area contributed by atoms with E-state index in [2.05, 4.69) is 15.4 Å². The lowest BCUT2D eigenvalue weighted by molar-refractivity contribution is 0.0517. The summed E-state index contributed by atoms with van der Waals surface area (Å²) in [6.45, 7) is 3.71. The molecule has 0 aromatic carbocycles. The lowest BCUT2D eigenvalue weighted by atomic mass is 10.0. The van der Waals surface area contributed by atoms with Crippen molar-refractivity contribution in [3.63, 3.8) is 0 Å². The first-order valence-electron chi connectivity index (χ1n) is 5.92. The smallest absolute Gasteiger partial charge is 0.360 e. The van der Waals surface area contributed by atoms with Crippen molar-refractivity contribution in [1.29, 1.82) is 0 Å². The lowest BCUT2D eigenvalue weighted by Gasteiger charge is -2.04. The first-order chi connectivity index (χ1) is 8.27. The summed E-state index contributed by atoms with van der Waals surface area (Å²) in [6.07, 6.45) is 2.08. The largest absolute Gasteiger partial charge is 0.461 e. The van der Waals surface area contributed by atoms with Gasteiger partial charge in [0.05, 0.1) is 13.2 Å². The highest BCUT2D eigenvalue weighted by atomic mass is 16.5. The molecule has 1 aromatic rings. The van der Waals surface area contributed by atoms with Crippen LogP contribution in [0, 0.1) is 5.41 Å². The molecule has 17 heavy (non-hydrogen) atoms. The molecule has 1 aliphatic heterocycles. The van der Waals surface area contributed by atoms with Gasteiger partial charge < -0.3 is 9.47 Å². The van der Waals surface area contributed by atoms with Crippen LogP contribution in [0.3, 0.4) is 0 Å². The summed E-state index contributed by atoms with van der Waals surface area (Å²) in [7, 11) is 0. The SMILES string of the molecule is CCOC(=O)c1n[nH]nc1C1CC12CCOC2. The van der Waals surface area contributed by atoms with E-state index in [9.17, 15) is 4.79 Å². The molecule has 2 aliphatic rings. The van der Waals surface area contributed by atoms with Crippen LogP contribution in [-0.2, 0) is 9.47 Å². The topological polar surface area (TPSA) is 77.1 Å². The minimum Gasteiger partial charge on any atom is -0.461 e. The molecule has 0 radical (unpaired) electrons. The van der Waals surface area contributed by atoms with Crippen LogP contribution in [0.5, 0.6) is 0 Å². The van der Waals surface area contributed by atoms with Gasteiger partial charge in [0.25, 0.3) is 0 Å². The number of hydrogen-bond donors (Lipinski definition) is 1. The maximum absolute atomic E-state index is 11.7. The monoisotopic (exact) mass is 237 g/mol. The number of carbonyl (C=O) groups is 1. The number of aromatic nitrogens is 3. The molecule has 2 atom stereocenters. The molecular formula is C11H15N3O3. The van der Waals surface area contributed by atoms with Crippen LogP contribution in [-0.4, -0.2) is 41.2 Å². The fraction of sp³-hybridized carbons (Fsp3) is 0.727. The van der Waals surface area contributed by atoms with Crippen LogP contribution in [0.1, 0.15) is 41.9 Å². The highest BCUT2D eigenvalue weighted by molar-refractivity contribution is 5.88. The van der Waals surface area contributed by atoms with Crippen LogP contribution in [0.25, 0.3) is 0 Å². The first-order valence-corrected chi connectivity index (χ1v) is 5.92. The molecule has 1 saturated carbocycles. The summed E-state index contributed by atoms with van der Waals surface area (Å²) in [4.78, 5) is 11.7. The Morgan fingerprint density at radius 2 is 2.53 bits per heavy atom. The molecule has 1 aliphatic carbocycles. The van der Waals surface area contributed by atoms with E-state index in [1.54, 1.807) is 6.92 Å². The number of ether oxygens (including phenoxy) is 2. The minimum absolute atomic E-state index is 0.206. The van der Waals surface area contributed by atoms with Gasteiger partial charge in [-0.3, -0.25) is 0 Å². The standard InChI is InChI=1S/C11H15N3O3/c1-2-17-10(15)9-8(12-14-13-9)7-5-11(7)3-4-16-6-11/h7H,2-6H2,1H3,(H,12,13,14). The number of H-pyrrole nitrogens is 1. The predicted molar refractivity (Wildman–Crippen MR) is 57.6 cm³/mol. The van der Waals surface area contributed by atoms with Gasteiger partial charge in [0, 0.05) is 17.9 Å². The predicted octanol–water partition coefficient (Wildman–Crippen LogP) is 0.875. The number of aromatic amines is 1. The quantitative estimate of drug-likeness (QED) is 0.789. The second-order valence-corrected chi connectivity index (χ2v) is 4.70. The summed E-state index contributed by atoms with van der Waals surface area (Å²) in [6, 6.07) is 0. The van der Waals surface area contributed by atoms with Crippen molar-refractivity contribution < 1.29 is 14.3 Å². The van der Waals surface area contributed by atoms with Gasteiger partial charge in [-0.1, -0.05) is 0 Å². The Bertz CT molecular complexity index is 437. The number of esters is 1. The van der Waals surface area contributed by atoms with Gasteiger partial charge in [-0.25, -0.2) is 4.79 Å². The molecule has 2 heterocycles. The van der Waals surface area contributed by atoms with Crippen molar-refractivity contribution in [2.45, 2.75) is 25.7 Å². The van der Waals surface area contributed by atoms with E-state index in [0.29, 0.717) is 18.2 Å². The van der Waals surface area contributed by atoms with Crippen LogP contribution in [0.2, 0.25) is 0 Å². The molecule has 0 bridgehead atoms. The molecule has 6 heteroatoms. The van der Waals surface area contributed by atoms with Gasteiger partial charge in [-0.05, 0) is 19.8 Å². The third-order valence-electron chi connectivity index (χ3n) is 3.70. The zero-order valence-electron chi connectivity index (χ0n) is 9.73. The first kappa shape index (κ1) is 10.7. The Labute approximate surface area is 98.7 Å².